The van der Waals surface area contributed by atoms with Crippen molar-refractivity contribution in [2.24, 2.45) is 0 Å². The molecule has 2 aromatic carbocycles. The predicted octanol–water partition coefficient (Wildman–Crippen LogP) is 1.58. The molecule has 0 amide bonds. The van der Waals surface area contributed by atoms with E-state index in [0.29, 0.717) is 6.42 Å². The third-order valence-electron chi connectivity index (χ3n) is 4.15. The molecule has 2 aromatic rings. The Morgan fingerprint density at radius 2 is 1.43 bits per heavy atom. The maximum absolute atomic E-state index is 9.60. The molecule has 0 saturated carbocycles. The van der Waals surface area contributed by atoms with Crippen LogP contribution in [-0.2, 0) is 6.42 Å². The van der Waals surface area contributed by atoms with E-state index in [-0.39, 0.29) is 25.9 Å². The van der Waals surface area contributed by atoms with Gasteiger partial charge in [-0.25, -0.2) is 0 Å². The van der Waals surface area contributed by atoms with Crippen molar-refractivity contribution in [3.8, 4) is 0 Å². The average molecular weight is 315 g/mol. The summed E-state index contributed by atoms with van der Waals surface area (Å²) >= 11 is 0. The highest BCUT2D eigenvalue weighted by atomic mass is 16.3. The Labute approximate surface area is 137 Å². The van der Waals surface area contributed by atoms with Gasteiger partial charge in [0.15, 0.2) is 0 Å². The maximum atomic E-state index is 9.60. The molecule has 0 radical (unpaired) electrons. The van der Waals surface area contributed by atoms with Crippen molar-refractivity contribution in [3.05, 3.63) is 71.3 Å². The van der Waals surface area contributed by atoms with Gasteiger partial charge in [0.25, 0.3) is 0 Å². The number of hydrogen-bond acceptors (Lipinski definition) is 4. The second-order valence-corrected chi connectivity index (χ2v) is 6.05. The van der Waals surface area contributed by atoms with Gasteiger partial charge in [0, 0.05) is 6.04 Å². The number of benzene rings is 2. The summed E-state index contributed by atoms with van der Waals surface area (Å²) in [7, 11) is 0. The number of aryl methyl sites for hydroxylation is 1. The zero-order valence-electron chi connectivity index (χ0n) is 13.4. The van der Waals surface area contributed by atoms with Gasteiger partial charge < -0.3 is 15.3 Å². The van der Waals surface area contributed by atoms with E-state index in [4.69, 9.17) is 0 Å². The van der Waals surface area contributed by atoms with Crippen molar-refractivity contribution < 1.29 is 15.3 Å². The fourth-order valence-electron chi connectivity index (χ4n) is 2.56. The van der Waals surface area contributed by atoms with Crippen molar-refractivity contribution in [1.29, 1.82) is 0 Å². The first kappa shape index (κ1) is 17.6. The molecule has 0 aliphatic rings. The minimum absolute atomic E-state index is 0.121. The van der Waals surface area contributed by atoms with Crippen LogP contribution in [0.4, 0.5) is 0 Å². The first-order valence-electron chi connectivity index (χ1n) is 7.83. The Balaban J connectivity index is 2.29. The molecule has 0 saturated heterocycles. The van der Waals surface area contributed by atoms with Gasteiger partial charge in [-0.1, -0.05) is 60.2 Å². The molecule has 4 heteroatoms. The number of rotatable bonds is 8. The zero-order valence-corrected chi connectivity index (χ0v) is 13.4. The van der Waals surface area contributed by atoms with Crippen LogP contribution < -0.4 is 5.32 Å². The molecule has 124 valence electrons. The largest absolute Gasteiger partial charge is 0.394 e. The fourth-order valence-corrected chi connectivity index (χ4v) is 2.56. The van der Waals surface area contributed by atoms with E-state index < -0.39 is 5.54 Å². The normalized spacial score (nSPS) is 13.0. The molecule has 1 atom stereocenters. The first-order chi connectivity index (χ1) is 11.1. The van der Waals surface area contributed by atoms with E-state index in [0.717, 1.165) is 11.1 Å². The summed E-state index contributed by atoms with van der Waals surface area (Å²) in [5, 5.41) is 32.1. The van der Waals surface area contributed by atoms with Gasteiger partial charge in [0.1, 0.15) is 0 Å². The Bertz CT molecular complexity index is 571. The lowest BCUT2D eigenvalue weighted by molar-refractivity contribution is 0.0339. The second-order valence-electron chi connectivity index (χ2n) is 6.05. The quantitative estimate of drug-likeness (QED) is 0.597. The molecule has 0 unspecified atom stereocenters. The number of aliphatic hydroxyl groups is 3. The molecular weight excluding hydrogens is 290 g/mol. The molecule has 0 aromatic heterocycles. The van der Waals surface area contributed by atoms with Crippen LogP contribution >= 0.6 is 0 Å². The SMILES string of the molecule is Cc1ccc([C@@H](Cc2ccccc2)NC(CO)(CO)CO)cc1. The second kappa shape index (κ2) is 8.22. The van der Waals surface area contributed by atoms with Gasteiger partial charge in [-0.05, 0) is 24.5 Å². The number of hydrogen-bond donors (Lipinski definition) is 4. The Kier molecular flexibility index (Phi) is 6.30. The molecule has 0 fully saturated rings. The third kappa shape index (κ3) is 4.62. The molecular formula is C19H25NO3. The van der Waals surface area contributed by atoms with Crippen LogP contribution in [0.2, 0.25) is 0 Å². The molecule has 0 aliphatic heterocycles. The Morgan fingerprint density at radius 3 is 1.96 bits per heavy atom. The highest BCUT2D eigenvalue weighted by Gasteiger charge is 2.31. The summed E-state index contributed by atoms with van der Waals surface area (Å²) in [6.45, 7) is 1.02. The van der Waals surface area contributed by atoms with Crippen molar-refractivity contribution in [2.75, 3.05) is 19.8 Å². The number of aliphatic hydroxyl groups excluding tert-OH is 3. The van der Waals surface area contributed by atoms with Crippen LogP contribution in [0.1, 0.15) is 22.7 Å². The van der Waals surface area contributed by atoms with E-state index in [1.54, 1.807) is 0 Å². The fraction of sp³-hybridized carbons (Fsp3) is 0.368. The number of nitrogens with one attached hydrogen (secondary N) is 1. The Hall–Kier alpha value is -1.72. The molecule has 4 nitrogen and oxygen atoms in total. The highest BCUT2D eigenvalue weighted by Crippen LogP contribution is 2.22. The third-order valence-corrected chi connectivity index (χ3v) is 4.15. The van der Waals surface area contributed by atoms with Crippen LogP contribution in [0.3, 0.4) is 0 Å². The highest BCUT2D eigenvalue weighted by molar-refractivity contribution is 5.27. The Morgan fingerprint density at radius 1 is 0.870 bits per heavy atom. The van der Waals surface area contributed by atoms with Crippen molar-refractivity contribution >= 4 is 0 Å². The van der Waals surface area contributed by atoms with Gasteiger partial charge >= 0.3 is 0 Å². The van der Waals surface area contributed by atoms with Crippen LogP contribution in [0.25, 0.3) is 0 Å². The van der Waals surface area contributed by atoms with Crippen molar-refractivity contribution in [3.63, 3.8) is 0 Å². The van der Waals surface area contributed by atoms with Gasteiger partial charge in [-0.3, -0.25) is 5.32 Å². The van der Waals surface area contributed by atoms with Crippen LogP contribution in [0.5, 0.6) is 0 Å². The van der Waals surface area contributed by atoms with E-state index in [1.807, 2.05) is 61.5 Å². The minimum Gasteiger partial charge on any atom is -0.394 e. The van der Waals surface area contributed by atoms with E-state index in [2.05, 4.69) is 5.32 Å². The minimum atomic E-state index is -1.11. The van der Waals surface area contributed by atoms with Crippen LogP contribution in [-0.4, -0.2) is 40.7 Å². The summed E-state index contributed by atoms with van der Waals surface area (Å²) in [5.41, 5.74) is 2.27. The van der Waals surface area contributed by atoms with Gasteiger partial charge in [0.2, 0.25) is 0 Å². The lowest BCUT2D eigenvalue weighted by Gasteiger charge is -2.34. The molecule has 23 heavy (non-hydrogen) atoms. The summed E-state index contributed by atoms with van der Waals surface area (Å²) < 4.78 is 0. The molecule has 2 rings (SSSR count). The zero-order chi connectivity index (χ0) is 16.7. The van der Waals surface area contributed by atoms with Crippen LogP contribution in [0, 0.1) is 6.92 Å². The summed E-state index contributed by atoms with van der Waals surface area (Å²) in [6.07, 6.45) is 0.700. The maximum Gasteiger partial charge on any atom is 0.0886 e. The van der Waals surface area contributed by atoms with E-state index in [1.165, 1.54) is 5.56 Å². The van der Waals surface area contributed by atoms with Crippen molar-refractivity contribution in [2.45, 2.75) is 24.9 Å². The topological polar surface area (TPSA) is 72.7 Å². The van der Waals surface area contributed by atoms with Gasteiger partial charge in [0.05, 0.1) is 25.4 Å². The van der Waals surface area contributed by atoms with Gasteiger partial charge in [-0.15, -0.1) is 0 Å². The lowest BCUT2D eigenvalue weighted by Crippen LogP contribution is -2.56. The predicted molar refractivity (Wildman–Crippen MR) is 91.2 cm³/mol. The lowest BCUT2D eigenvalue weighted by atomic mass is 9.93. The molecule has 0 spiro atoms. The molecule has 0 aliphatic carbocycles. The van der Waals surface area contributed by atoms with E-state index >= 15 is 0 Å². The standard InChI is InChI=1S/C19H25NO3/c1-15-7-9-17(10-8-15)18(11-16-5-3-2-4-6-16)20-19(12-21,13-22)14-23/h2-10,18,20-23H,11-14H2,1H3/t18-/m1/s1. The first-order valence-corrected chi connectivity index (χ1v) is 7.83. The van der Waals surface area contributed by atoms with Gasteiger partial charge in [-0.2, -0.15) is 0 Å². The van der Waals surface area contributed by atoms with Crippen molar-refractivity contribution in [1.82, 2.24) is 5.32 Å². The smallest absolute Gasteiger partial charge is 0.0886 e. The molecule has 4 N–H and O–H groups in total. The molecule has 0 heterocycles. The molecule has 0 bridgehead atoms. The average Bonchev–Trinajstić information content (AvgIpc) is 2.60. The van der Waals surface area contributed by atoms with Crippen LogP contribution in [0.15, 0.2) is 54.6 Å². The monoisotopic (exact) mass is 315 g/mol. The van der Waals surface area contributed by atoms with E-state index in [9.17, 15) is 15.3 Å². The summed E-state index contributed by atoms with van der Waals surface area (Å²) in [5.74, 6) is 0. The summed E-state index contributed by atoms with van der Waals surface area (Å²) in [6, 6.07) is 18.0. The summed E-state index contributed by atoms with van der Waals surface area (Å²) in [4.78, 5) is 0.